The predicted molar refractivity (Wildman–Crippen MR) is 58.3 cm³/mol. The van der Waals surface area contributed by atoms with Gasteiger partial charge in [0.25, 0.3) is 5.79 Å². The van der Waals surface area contributed by atoms with Gasteiger partial charge in [0.15, 0.2) is 5.92 Å². The highest BCUT2D eigenvalue weighted by atomic mass is 16.7. The van der Waals surface area contributed by atoms with Crippen LogP contribution in [0.5, 0.6) is 0 Å². The molecule has 0 aromatic heterocycles. The number of cyclic esters (lactones) is 2. The molecule has 0 spiro atoms. The number of carbonyl (C=O) groups is 2. The summed E-state index contributed by atoms with van der Waals surface area (Å²) >= 11 is 0. The average Bonchev–Trinajstić information content (AvgIpc) is 2.11. The van der Waals surface area contributed by atoms with Crippen molar-refractivity contribution in [2.24, 2.45) is 11.8 Å². The highest BCUT2D eigenvalue weighted by Gasteiger charge is 2.45. The molecule has 0 amide bonds. The van der Waals surface area contributed by atoms with Crippen LogP contribution in [0.4, 0.5) is 0 Å². The second kappa shape index (κ2) is 4.68. The Balaban J connectivity index is 2.70. The van der Waals surface area contributed by atoms with Crippen LogP contribution in [0.2, 0.25) is 0 Å². The lowest BCUT2D eigenvalue weighted by Gasteiger charge is -2.34. The van der Waals surface area contributed by atoms with Crippen LogP contribution in [0, 0.1) is 11.8 Å². The molecule has 1 aliphatic heterocycles. The Labute approximate surface area is 95.6 Å². The van der Waals surface area contributed by atoms with Crippen LogP contribution in [0.3, 0.4) is 0 Å². The molecule has 0 saturated carbocycles. The minimum atomic E-state index is -1.14. The maximum absolute atomic E-state index is 11.7. The van der Waals surface area contributed by atoms with Crippen molar-refractivity contribution >= 4 is 11.9 Å². The van der Waals surface area contributed by atoms with Gasteiger partial charge < -0.3 is 9.47 Å². The highest BCUT2D eigenvalue weighted by molar-refractivity contribution is 5.96. The first kappa shape index (κ1) is 12.7. The molecule has 90 valence electrons. The van der Waals surface area contributed by atoms with Crippen molar-refractivity contribution in [1.29, 1.82) is 0 Å². The van der Waals surface area contributed by atoms with E-state index in [4.69, 9.17) is 9.47 Å². The molecule has 1 saturated heterocycles. The predicted octanol–water partition coefficient (Wildman–Crippen LogP) is 2.04. The zero-order valence-electron chi connectivity index (χ0n) is 9.99. The van der Waals surface area contributed by atoms with Gasteiger partial charge in [0, 0.05) is 13.8 Å². The first-order valence-corrected chi connectivity index (χ1v) is 5.44. The van der Waals surface area contributed by atoms with Crippen LogP contribution in [-0.2, 0) is 19.1 Å². The van der Waals surface area contributed by atoms with Gasteiger partial charge >= 0.3 is 11.9 Å². The van der Waals surface area contributed by atoms with Crippen LogP contribution < -0.4 is 0 Å². The van der Waals surface area contributed by atoms with Crippen LogP contribution >= 0.6 is 0 Å². The number of rotatable bonds is 4. The van der Waals surface area contributed by atoms with E-state index in [0.29, 0.717) is 0 Å². The summed E-state index contributed by atoms with van der Waals surface area (Å²) in [5.74, 6) is -3.00. The zero-order valence-corrected chi connectivity index (χ0v) is 9.99. The lowest BCUT2D eigenvalue weighted by atomic mass is 9.89. The molecule has 16 heavy (non-hydrogen) atoms. The van der Waals surface area contributed by atoms with Gasteiger partial charge in [-0.1, -0.05) is 13.0 Å². The average molecular weight is 226 g/mol. The molecule has 0 bridgehead atoms. The van der Waals surface area contributed by atoms with E-state index < -0.39 is 23.6 Å². The van der Waals surface area contributed by atoms with Crippen molar-refractivity contribution in [3.05, 3.63) is 12.7 Å². The van der Waals surface area contributed by atoms with Gasteiger partial charge in [0.1, 0.15) is 0 Å². The van der Waals surface area contributed by atoms with Crippen molar-refractivity contribution in [2.75, 3.05) is 0 Å². The summed E-state index contributed by atoms with van der Waals surface area (Å²) in [5, 5.41) is 0. The minimum Gasteiger partial charge on any atom is -0.422 e. The highest BCUT2D eigenvalue weighted by Crippen LogP contribution is 2.29. The van der Waals surface area contributed by atoms with Gasteiger partial charge in [-0.2, -0.15) is 0 Å². The Kier molecular flexibility index (Phi) is 3.73. The molecule has 0 N–H and O–H groups in total. The summed E-state index contributed by atoms with van der Waals surface area (Å²) in [7, 11) is 0. The Morgan fingerprint density at radius 1 is 1.38 bits per heavy atom. The summed E-state index contributed by atoms with van der Waals surface area (Å²) in [6.07, 6.45) is 3.25. The number of hydrogen-bond acceptors (Lipinski definition) is 4. The zero-order chi connectivity index (χ0) is 12.3. The van der Waals surface area contributed by atoms with Gasteiger partial charge in [0.05, 0.1) is 0 Å². The maximum Gasteiger partial charge on any atom is 0.323 e. The number of carbonyl (C=O) groups excluding carboxylic acids is 2. The Morgan fingerprint density at radius 3 is 2.31 bits per heavy atom. The lowest BCUT2D eigenvalue weighted by molar-refractivity contribution is -0.242. The largest absolute Gasteiger partial charge is 0.422 e. The first-order valence-electron chi connectivity index (χ1n) is 5.44. The Bertz CT molecular complexity index is 286. The van der Waals surface area contributed by atoms with Gasteiger partial charge in [-0.25, -0.2) is 0 Å². The van der Waals surface area contributed by atoms with Crippen molar-refractivity contribution in [3.63, 3.8) is 0 Å². The summed E-state index contributed by atoms with van der Waals surface area (Å²) in [5.41, 5.74) is 0. The monoisotopic (exact) mass is 226 g/mol. The van der Waals surface area contributed by atoms with E-state index in [1.165, 1.54) is 0 Å². The molecule has 1 aliphatic rings. The van der Waals surface area contributed by atoms with Crippen LogP contribution in [-0.4, -0.2) is 17.7 Å². The standard InChI is InChI=1S/C12H18O4/c1-5-6-7-8(2)9-10(13)15-12(3,4)16-11(9)14/h5,8-9H,1,6-7H2,2-4H3. The Hall–Kier alpha value is -1.32. The SMILES string of the molecule is C=CCCC(C)C1C(=O)OC(C)(C)OC1=O. The quantitative estimate of drug-likeness (QED) is 0.418. The van der Waals surface area contributed by atoms with E-state index in [2.05, 4.69) is 6.58 Å². The maximum atomic E-state index is 11.7. The van der Waals surface area contributed by atoms with Gasteiger partial charge in [0.2, 0.25) is 0 Å². The van der Waals surface area contributed by atoms with Crippen molar-refractivity contribution in [3.8, 4) is 0 Å². The van der Waals surface area contributed by atoms with E-state index in [-0.39, 0.29) is 5.92 Å². The summed E-state index contributed by atoms with van der Waals surface area (Å²) in [6, 6.07) is 0. The van der Waals surface area contributed by atoms with Crippen LogP contribution in [0.1, 0.15) is 33.6 Å². The molecule has 1 unspecified atom stereocenters. The molecule has 0 radical (unpaired) electrons. The molecular weight excluding hydrogens is 208 g/mol. The Morgan fingerprint density at radius 2 is 1.88 bits per heavy atom. The third-order valence-corrected chi connectivity index (χ3v) is 2.60. The van der Waals surface area contributed by atoms with Gasteiger partial charge in [-0.05, 0) is 18.8 Å². The molecule has 1 heterocycles. The fourth-order valence-corrected chi connectivity index (χ4v) is 1.74. The molecule has 4 heteroatoms. The molecule has 1 rings (SSSR count). The molecule has 0 aromatic rings. The summed E-state index contributed by atoms with van der Waals surface area (Å²) in [4.78, 5) is 23.4. The van der Waals surface area contributed by atoms with E-state index in [0.717, 1.165) is 12.8 Å². The number of hydrogen-bond donors (Lipinski definition) is 0. The van der Waals surface area contributed by atoms with Crippen LogP contribution in [0.15, 0.2) is 12.7 Å². The number of esters is 2. The fourth-order valence-electron chi connectivity index (χ4n) is 1.74. The molecular formula is C12H18O4. The lowest BCUT2D eigenvalue weighted by Crippen LogP contribution is -2.48. The van der Waals surface area contributed by atoms with Crippen molar-refractivity contribution < 1.29 is 19.1 Å². The second-order valence-electron chi connectivity index (χ2n) is 4.56. The van der Waals surface area contributed by atoms with E-state index in [1.807, 2.05) is 6.92 Å². The van der Waals surface area contributed by atoms with E-state index >= 15 is 0 Å². The van der Waals surface area contributed by atoms with Crippen molar-refractivity contribution in [1.82, 2.24) is 0 Å². The fraction of sp³-hybridized carbons (Fsp3) is 0.667. The molecule has 0 aromatic carbocycles. The van der Waals surface area contributed by atoms with Gasteiger partial charge in [-0.15, -0.1) is 6.58 Å². The van der Waals surface area contributed by atoms with Crippen LogP contribution in [0.25, 0.3) is 0 Å². The molecule has 1 atom stereocenters. The molecule has 4 nitrogen and oxygen atoms in total. The second-order valence-corrected chi connectivity index (χ2v) is 4.56. The smallest absolute Gasteiger partial charge is 0.323 e. The summed E-state index contributed by atoms with van der Waals surface area (Å²) in [6.45, 7) is 8.55. The van der Waals surface area contributed by atoms with E-state index in [9.17, 15) is 9.59 Å². The normalized spacial score (nSPS) is 22.2. The van der Waals surface area contributed by atoms with E-state index in [1.54, 1.807) is 19.9 Å². The molecule has 1 fully saturated rings. The van der Waals surface area contributed by atoms with Gasteiger partial charge in [-0.3, -0.25) is 9.59 Å². The molecule has 0 aliphatic carbocycles. The minimum absolute atomic E-state index is 0.0888. The third kappa shape index (κ3) is 2.84. The number of allylic oxidation sites excluding steroid dienone is 1. The number of ether oxygens (including phenoxy) is 2. The summed E-state index contributed by atoms with van der Waals surface area (Å²) < 4.78 is 10.1. The third-order valence-electron chi connectivity index (χ3n) is 2.60. The van der Waals surface area contributed by atoms with Crippen molar-refractivity contribution in [2.45, 2.75) is 39.4 Å². The topological polar surface area (TPSA) is 52.6 Å². The first-order chi connectivity index (χ1) is 7.37.